The maximum Gasteiger partial charge on any atom is 0.252 e. The van der Waals surface area contributed by atoms with E-state index < -0.39 is 0 Å². The smallest absolute Gasteiger partial charge is 0.252 e. The molecule has 2 aliphatic carbocycles. The molecule has 4 aliphatic heterocycles. The van der Waals surface area contributed by atoms with Gasteiger partial charge in [0.15, 0.2) is 0 Å². The highest BCUT2D eigenvalue weighted by Gasteiger charge is 2.65. The number of hydrogen-bond donors (Lipinski definition) is 0. The van der Waals surface area contributed by atoms with Crippen molar-refractivity contribution in [1.29, 1.82) is 0 Å². The molecule has 0 aromatic heterocycles. The zero-order valence-electron chi connectivity index (χ0n) is 40.9. The number of aryl methyl sites for hydroxylation is 1. The van der Waals surface area contributed by atoms with Crippen LogP contribution in [0.4, 0.5) is 39.8 Å². The minimum atomic E-state index is -0.359. The van der Waals surface area contributed by atoms with E-state index in [1.165, 1.54) is 119 Å². The largest absolute Gasteiger partial charge is 0.335 e. The van der Waals surface area contributed by atoms with Crippen LogP contribution in [0.1, 0.15) is 80.7 Å². The van der Waals surface area contributed by atoms with Gasteiger partial charge >= 0.3 is 0 Å². The van der Waals surface area contributed by atoms with Crippen LogP contribution in [0.2, 0.25) is 0 Å². The summed E-state index contributed by atoms with van der Waals surface area (Å²) in [7, 11) is 0. The van der Waals surface area contributed by atoms with Crippen LogP contribution in [-0.2, 0) is 22.8 Å². The Balaban J connectivity index is 1.08. The summed E-state index contributed by atoms with van der Waals surface area (Å²) in [5, 5.41) is 0. The van der Waals surface area contributed by atoms with Crippen molar-refractivity contribution in [1.82, 2.24) is 0 Å². The Morgan fingerprint density at radius 2 is 1.06 bits per heavy atom. The van der Waals surface area contributed by atoms with E-state index in [9.17, 15) is 0 Å². The number of para-hydroxylation sites is 2. The Labute approximate surface area is 419 Å². The lowest BCUT2D eigenvalue weighted by Crippen LogP contribution is -2.65. The van der Waals surface area contributed by atoms with Gasteiger partial charge in [-0.3, -0.25) is 0 Å². The standard InChI is InChI=1S/C67H56BN3/c1-64-40-37-47-25-13-14-30-53(47)66(64,3)70(58-34-16-15-31-54(58)64)52-43-60-62-61(44-52)71-63-55(67(50-27-11-6-12-28-50)39-18-17-38-65(67,71)2)32-20-33-57(63)68(62)56-36-35-49(46-23-9-5-10-24-46)42-59(56)69(60)51-29-19-26-48(41-51)45-21-7-4-8-22-45/h4-16,19-36,41-44H,17-18,37-40H2,1-3H3. The van der Waals surface area contributed by atoms with Crippen LogP contribution in [0.3, 0.4) is 0 Å². The first-order valence-electron chi connectivity index (χ1n) is 26.1. The highest BCUT2D eigenvalue weighted by molar-refractivity contribution is 7.00. The van der Waals surface area contributed by atoms with Crippen LogP contribution in [0.5, 0.6) is 0 Å². The summed E-state index contributed by atoms with van der Waals surface area (Å²) in [5.41, 5.74) is 24.5. The number of hydrogen-bond acceptors (Lipinski definition) is 3. The molecule has 4 heterocycles. The topological polar surface area (TPSA) is 9.72 Å². The maximum absolute atomic E-state index is 2.92. The molecule has 15 rings (SSSR count). The maximum atomic E-state index is 2.92. The average Bonchev–Trinajstić information content (AvgIpc) is 3.82. The number of anilines is 7. The van der Waals surface area contributed by atoms with E-state index >= 15 is 0 Å². The number of nitrogens with zero attached hydrogens (tertiary/aromatic N) is 3. The Bertz CT molecular complexity index is 3650. The Kier molecular flexibility index (Phi) is 8.57. The molecule has 0 radical (unpaired) electrons. The first-order valence-corrected chi connectivity index (χ1v) is 26.1. The lowest BCUT2D eigenvalue weighted by atomic mass is 9.33. The third-order valence-corrected chi connectivity index (χ3v) is 19.0. The SMILES string of the molecule is CC12CCc3ccccc3C1(C)N(c1cc3c4c(c1)N1c5c(cccc5C5(c6ccccc6)CCCCC15C)B4c1ccc(-c4ccccc4)cc1N3c1cccc(-c3ccccc3)c1)c1ccccc12. The molecule has 0 spiro atoms. The molecule has 9 aromatic rings. The highest BCUT2D eigenvalue weighted by atomic mass is 15.3. The Morgan fingerprint density at radius 3 is 1.85 bits per heavy atom. The van der Waals surface area contributed by atoms with E-state index in [-0.39, 0.29) is 28.6 Å². The fraction of sp³-hybridized carbons (Fsp3) is 0.194. The van der Waals surface area contributed by atoms with Crippen molar-refractivity contribution in [3.05, 3.63) is 240 Å². The summed E-state index contributed by atoms with van der Waals surface area (Å²) in [4.78, 5) is 8.37. The number of rotatable bonds is 5. The molecule has 9 aromatic carbocycles. The van der Waals surface area contributed by atoms with Gasteiger partial charge in [0.2, 0.25) is 0 Å². The monoisotopic (exact) mass is 913 g/mol. The molecule has 6 aliphatic rings. The second-order valence-electron chi connectivity index (χ2n) is 22.0. The summed E-state index contributed by atoms with van der Waals surface area (Å²) in [6.07, 6.45) is 6.79. The van der Waals surface area contributed by atoms with E-state index in [2.05, 4.69) is 248 Å². The minimum Gasteiger partial charge on any atom is -0.335 e. The predicted molar refractivity (Wildman–Crippen MR) is 297 cm³/mol. The number of benzene rings is 9. The van der Waals surface area contributed by atoms with Crippen molar-refractivity contribution in [2.45, 2.75) is 81.2 Å². The zero-order valence-corrected chi connectivity index (χ0v) is 40.9. The molecular weight excluding hydrogens is 858 g/mol. The molecule has 0 amide bonds. The molecule has 4 atom stereocenters. The van der Waals surface area contributed by atoms with Crippen LogP contribution >= 0.6 is 0 Å². The quantitative estimate of drug-likeness (QED) is 0.159. The third-order valence-electron chi connectivity index (χ3n) is 19.0. The van der Waals surface area contributed by atoms with E-state index in [0.29, 0.717) is 0 Å². The van der Waals surface area contributed by atoms with Crippen LogP contribution in [0.25, 0.3) is 22.3 Å². The van der Waals surface area contributed by atoms with Crippen LogP contribution < -0.4 is 31.1 Å². The average molecular weight is 914 g/mol. The molecule has 0 N–H and O–H groups in total. The molecule has 4 unspecified atom stereocenters. The van der Waals surface area contributed by atoms with E-state index in [4.69, 9.17) is 0 Å². The van der Waals surface area contributed by atoms with E-state index in [0.717, 1.165) is 25.7 Å². The van der Waals surface area contributed by atoms with Gasteiger partial charge in [-0.25, -0.2) is 0 Å². The van der Waals surface area contributed by atoms with Crippen molar-refractivity contribution in [3.8, 4) is 22.3 Å². The van der Waals surface area contributed by atoms with Gasteiger partial charge in [0.1, 0.15) is 0 Å². The molecule has 0 bridgehead atoms. The molecular formula is C67H56BN3. The zero-order chi connectivity index (χ0) is 47.3. The minimum absolute atomic E-state index is 0.0207. The predicted octanol–water partition coefficient (Wildman–Crippen LogP) is 14.7. The second-order valence-corrected chi connectivity index (χ2v) is 22.0. The first kappa shape index (κ1) is 41.2. The van der Waals surface area contributed by atoms with Gasteiger partial charge in [0.25, 0.3) is 6.71 Å². The van der Waals surface area contributed by atoms with Gasteiger partial charge in [0.05, 0.1) is 11.1 Å². The van der Waals surface area contributed by atoms with Crippen LogP contribution in [0.15, 0.2) is 212 Å². The molecule has 1 fully saturated rings. The van der Waals surface area contributed by atoms with Gasteiger partial charge in [-0.05, 0) is 142 Å². The van der Waals surface area contributed by atoms with Gasteiger partial charge in [0, 0.05) is 50.6 Å². The molecule has 342 valence electrons. The molecule has 1 saturated carbocycles. The Morgan fingerprint density at radius 1 is 0.423 bits per heavy atom. The molecule has 71 heavy (non-hydrogen) atoms. The lowest BCUT2D eigenvalue weighted by Gasteiger charge is -2.55. The second kappa shape index (κ2) is 14.7. The summed E-state index contributed by atoms with van der Waals surface area (Å²) in [5.74, 6) is 0. The highest BCUT2D eigenvalue weighted by Crippen LogP contribution is 2.67. The molecule has 4 heteroatoms. The van der Waals surface area contributed by atoms with Crippen molar-refractivity contribution in [2.24, 2.45) is 0 Å². The Hall–Kier alpha value is -7.56. The fourth-order valence-electron chi connectivity index (χ4n) is 15.6. The van der Waals surface area contributed by atoms with Crippen LogP contribution in [-0.4, -0.2) is 12.3 Å². The van der Waals surface area contributed by atoms with Crippen molar-refractivity contribution >= 4 is 62.9 Å². The van der Waals surface area contributed by atoms with Gasteiger partial charge in [-0.1, -0.05) is 196 Å². The van der Waals surface area contributed by atoms with E-state index in [1.54, 1.807) is 0 Å². The first-order chi connectivity index (χ1) is 34.8. The third kappa shape index (κ3) is 5.25. The van der Waals surface area contributed by atoms with Gasteiger partial charge < -0.3 is 14.7 Å². The van der Waals surface area contributed by atoms with Crippen LogP contribution in [0, 0.1) is 0 Å². The molecule has 0 saturated heterocycles. The van der Waals surface area contributed by atoms with Gasteiger partial charge in [-0.2, -0.15) is 0 Å². The van der Waals surface area contributed by atoms with Crippen molar-refractivity contribution < 1.29 is 0 Å². The van der Waals surface area contributed by atoms with Crippen molar-refractivity contribution in [3.63, 3.8) is 0 Å². The van der Waals surface area contributed by atoms with Crippen molar-refractivity contribution in [2.75, 3.05) is 14.7 Å². The summed E-state index contributed by atoms with van der Waals surface area (Å²) < 4.78 is 0. The summed E-state index contributed by atoms with van der Waals surface area (Å²) in [6, 6.07) is 81.6. The normalized spacial score (nSPS) is 23.8. The van der Waals surface area contributed by atoms with Gasteiger partial charge in [-0.15, -0.1) is 0 Å². The summed E-state index contributed by atoms with van der Waals surface area (Å²) in [6.45, 7) is 7.77. The fourth-order valence-corrected chi connectivity index (χ4v) is 15.6. The van der Waals surface area contributed by atoms with E-state index in [1.807, 2.05) is 0 Å². The molecule has 3 nitrogen and oxygen atoms in total. The lowest BCUT2D eigenvalue weighted by molar-refractivity contribution is 0.215. The number of fused-ring (bicyclic) bond motifs is 12. The summed E-state index contributed by atoms with van der Waals surface area (Å²) >= 11 is 0.